The first-order valence-corrected chi connectivity index (χ1v) is 8.30. The van der Waals surface area contributed by atoms with Gasteiger partial charge in [-0.3, -0.25) is 4.79 Å². The molecule has 0 atom stereocenters. The molecule has 0 saturated heterocycles. The van der Waals surface area contributed by atoms with Crippen LogP contribution in [0.25, 0.3) is 0 Å². The van der Waals surface area contributed by atoms with Crippen LogP contribution in [0.5, 0.6) is 0 Å². The minimum absolute atomic E-state index is 0.177. The predicted octanol–water partition coefficient (Wildman–Crippen LogP) is 3.63. The van der Waals surface area contributed by atoms with E-state index in [4.69, 9.17) is 0 Å². The van der Waals surface area contributed by atoms with Gasteiger partial charge in [0.1, 0.15) is 0 Å². The van der Waals surface area contributed by atoms with Gasteiger partial charge in [-0.2, -0.15) is 0 Å². The summed E-state index contributed by atoms with van der Waals surface area (Å²) >= 11 is 1.63. The Morgan fingerprint density at radius 1 is 1.50 bits per heavy atom. The summed E-state index contributed by atoms with van der Waals surface area (Å²) in [6.45, 7) is 3.31. The summed E-state index contributed by atoms with van der Waals surface area (Å²) in [7, 11) is 1.42. The van der Waals surface area contributed by atoms with Crippen molar-refractivity contribution < 1.29 is 9.53 Å². The van der Waals surface area contributed by atoms with Crippen LogP contribution < -0.4 is 5.32 Å². The van der Waals surface area contributed by atoms with Crippen molar-refractivity contribution in [2.75, 3.05) is 19.0 Å². The molecule has 0 unspecified atom stereocenters. The zero-order chi connectivity index (χ0) is 14.4. The molecule has 0 bridgehead atoms. The number of nitrogens with zero attached hydrogens (tertiary/aromatic N) is 1. The number of hydrogen-bond acceptors (Lipinski definition) is 5. The number of rotatable bonds is 7. The van der Waals surface area contributed by atoms with Crippen molar-refractivity contribution in [3.05, 3.63) is 11.1 Å². The summed E-state index contributed by atoms with van der Waals surface area (Å²) in [4.78, 5) is 15.7. The fourth-order valence-electron chi connectivity index (χ4n) is 2.88. The molecular weight excluding hydrogens is 272 g/mol. The quantitative estimate of drug-likeness (QED) is 0.781. The highest BCUT2D eigenvalue weighted by atomic mass is 32.1. The molecule has 1 N–H and O–H groups in total. The van der Waals surface area contributed by atoms with Gasteiger partial charge in [0.25, 0.3) is 0 Å². The molecule has 1 aromatic rings. The van der Waals surface area contributed by atoms with Gasteiger partial charge in [0.15, 0.2) is 5.13 Å². The Morgan fingerprint density at radius 2 is 2.25 bits per heavy atom. The number of anilines is 1. The minimum atomic E-state index is -0.177. The van der Waals surface area contributed by atoms with E-state index in [1.807, 2.05) is 5.38 Å². The standard InChI is InChI=1S/C15H24N2O2S/c1-3-15(8-4-5-9-15)11-16-14-17-12(10-20-14)6-7-13(18)19-2/h10H,3-9,11H2,1-2H3,(H,16,17). The maximum absolute atomic E-state index is 11.1. The second kappa shape index (κ2) is 7.07. The Bertz CT molecular complexity index is 439. The fraction of sp³-hybridized carbons (Fsp3) is 0.733. The second-order valence-corrected chi connectivity index (χ2v) is 6.49. The van der Waals surface area contributed by atoms with Crippen LogP contribution in [0.3, 0.4) is 0 Å². The number of methoxy groups -OCH3 is 1. The van der Waals surface area contributed by atoms with Gasteiger partial charge >= 0.3 is 5.97 Å². The first-order chi connectivity index (χ1) is 9.67. The molecule has 1 aromatic heterocycles. The number of thiazole rings is 1. The molecule has 0 aliphatic heterocycles. The van der Waals surface area contributed by atoms with E-state index in [1.54, 1.807) is 11.3 Å². The van der Waals surface area contributed by atoms with Crippen molar-refractivity contribution in [2.24, 2.45) is 5.41 Å². The lowest BCUT2D eigenvalue weighted by Crippen LogP contribution is -2.25. The third kappa shape index (κ3) is 3.95. The first kappa shape index (κ1) is 15.3. The van der Waals surface area contributed by atoms with Crippen molar-refractivity contribution in [3.8, 4) is 0 Å². The SMILES string of the molecule is CCC1(CNc2nc(CCC(=O)OC)cs2)CCCC1. The number of ether oxygens (including phenoxy) is 1. The maximum atomic E-state index is 11.1. The van der Waals surface area contributed by atoms with E-state index in [0.717, 1.165) is 17.4 Å². The number of aryl methyl sites for hydroxylation is 1. The number of esters is 1. The summed E-state index contributed by atoms with van der Waals surface area (Å²) in [5.41, 5.74) is 1.44. The van der Waals surface area contributed by atoms with Crippen LogP contribution in [0.15, 0.2) is 5.38 Å². The molecule has 1 fully saturated rings. The average molecular weight is 296 g/mol. The van der Waals surface area contributed by atoms with Crippen LogP contribution in [-0.2, 0) is 16.0 Å². The molecule has 1 saturated carbocycles. The lowest BCUT2D eigenvalue weighted by Gasteiger charge is -2.27. The van der Waals surface area contributed by atoms with Gasteiger partial charge in [0, 0.05) is 18.3 Å². The minimum Gasteiger partial charge on any atom is -0.469 e. The molecule has 0 aromatic carbocycles. The van der Waals surface area contributed by atoms with Gasteiger partial charge in [-0.15, -0.1) is 11.3 Å². The molecule has 112 valence electrons. The smallest absolute Gasteiger partial charge is 0.305 e. The molecule has 20 heavy (non-hydrogen) atoms. The molecular formula is C15H24N2O2S. The first-order valence-electron chi connectivity index (χ1n) is 7.42. The molecule has 5 heteroatoms. The zero-order valence-electron chi connectivity index (χ0n) is 12.4. The van der Waals surface area contributed by atoms with Crippen LogP contribution >= 0.6 is 11.3 Å². The summed E-state index contributed by atoms with van der Waals surface area (Å²) in [6.07, 6.45) is 7.67. The van der Waals surface area contributed by atoms with Gasteiger partial charge in [0.05, 0.1) is 19.2 Å². The normalized spacial score (nSPS) is 17.1. The van der Waals surface area contributed by atoms with Crippen molar-refractivity contribution >= 4 is 22.4 Å². The molecule has 4 nitrogen and oxygen atoms in total. The van der Waals surface area contributed by atoms with Crippen LogP contribution in [0.2, 0.25) is 0 Å². The summed E-state index contributed by atoms with van der Waals surface area (Å²) in [5, 5.41) is 6.49. The summed E-state index contributed by atoms with van der Waals surface area (Å²) < 4.78 is 4.64. The Kier molecular flexibility index (Phi) is 5.40. The third-order valence-corrected chi connectivity index (χ3v) is 5.24. The number of nitrogens with one attached hydrogen (secondary N) is 1. The monoisotopic (exact) mass is 296 g/mol. The summed E-state index contributed by atoms with van der Waals surface area (Å²) in [5.74, 6) is -0.177. The van der Waals surface area contributed by atoms with E-state index in [0.29, 0.717) is 18.3 Å². The summed E-state index contributed by atoms with van der Waals surface area (Å²) in [6, 6.07) is 0. The second-order valence-electron chi connectivity index (χ2n) is 5.63. The largest absolute Gasteiger partial charge is 0.469 e. The molecule has 0 radical (unpaired) electrons. The van der Waals surface area contributed by atoms with Crippen LogP contribution in [-0.4, -0.2) is 24.6 Å². The van der Waals surface area contributed by atoms with E-state index in [1.165, 1.54) is 39.2 Å². The van der Waals surface area contributed by atoms with Crippen molar-refractivity contribution in [3.63, 3.8) is 0 Å². The number of carbonyl (C=O) groups is 1. The van der Waals surface area contributed by atoms with Gasteiger partial charge in [0.2, 0.25) is 0 Å². The molecule has 1 aliphatic carbocycles. The topological polar surface area (TPSA) is 51.2 Å². The number of hydrogen-bond donors (Lipinski definition) is 1. The Labute approximate surface area is 124 Å². The van der Waals surface area contributed by atoms with E-state index < -0.39 is 0 Å². The molecule has 1 aliphatic rings. The highest BCUT2D eigenvalue weighted by molar-refractivity contribution is 7.13. The third-order valence-electron chi connectivity index (χ3n) is 4.39. The Hall–Kier alpha value is -1.10. The van der Waals surface area contributed by atoms with Crippen molar-refractivity contribution in [2.45, 2.75) is 51.9 Å². The van der Waals surface area contributed by atoms with Gasteiger partial charge < -0.3 is 10.1 Å². The number of aromatic nitrogens is 1. The predicted molar refractivity (Wildman–Crippen MR) is 82.1 cm³/mol. The lowest BCUT2D eigenvalue weighted by atomic mass is 9.83. The highest BCUT2D eigenvalue weighted by Gasteiger charge is 2.31. The van der Waals surface area contributed by atoms with E-state index >= 15 is 0 Å². The van der Waals surface area contributed by atoms with Crippen LogP contribution in [0.1, 0.15) is 51.1 Å². The fourth-order valence-corrected chi connectivity index (χ4v) is 3.62. The van der Waals surface area contributed by atoms with E-state index in [9.17, 15) is 4.79 Å². The van der Waals surface area contributed by atoms with Gasteiger partial charge in [-0.05, 0) is 24.7 Å². The van der Waals surface area contributed by atoms with Crippen LogP contribution in [0, 0.1) is 5.41 Å². The van der Waals surface area contributed by atoms with E-state index in [2.05, 4.69) is 22.0 Å². The number of carbonyl (C=O) groups excluding carboxylic acids is 1. The Balaban J connectivity index is 1.82. The Morgan fingerprint density at radius 3 is 2.90 bits per heavy atom. The van der Waals surface area contributed by atoms with Crippen LogP contribution in [0.4, 0.5) is 5.13 Å². The average Bonchev–Trinajstić information content (AvgIpc) is 3.12. The molecule has 1 heterocycles. The molecule has 0 spiro atoms. The molecule has 2 rings (SSSR count). The van der Waals surface area contributed by atoms with Gasteiger partial charge in [-0.25, -0.2) is 4.98 Å². The highest BCUT2D eigenvalue weighted by Crippen LogP contribution is 2.41. The zero-order valence-corrected chi connectivity index (χ0v) is 13.2. The van der Waals surface area contributed by atoms with Crippen molar-refractivity contribution in [1.29, 1.82) is 0 Å². The maximum Gasteiger partial charge on any atom is 0.305 e. The van der Waals surface area contributed by atoms with E-state index in [-0.39, 0.29) is 5.97 Å². The lowest BCUT2D eigenvalue weighted by molar-refractivity contribution is -0.140. The van der Waals surface area contributed by atoms with Gasteiger partial charge in [-0.1, -0.05) is 19.8 Å². The molecule has 0 amide bonds. The van der Waals surface area contributed by atoms with Crippen molar-refractivity contribution in [1.82, 2.24) is 4.98 Å².